The molecular formula is C17H22N2O. The lowest BCUT2D eigenvalue weighted by molar-refractivity contribution is -0.132. The summed E-state index contributed by atoms with van der Waals surface area (Å²) in [5, 5.41) is 3.41. The van der Waals surface area contributed by atoms with Crippen molar-refractivity contribution in [2.75, 3.05) is 18.4 Å². The van der Waals surface area contributed by atoms with E-state index in [2.05, 4.69) is 28.4 Å². The molecule has 0 bridgehead atoms. The molecule has 1 aromatic rings. The molecule has 1 heterocycles. The van der Waals surface area contributed by atoms with Crippen molar-refractivity contribution in [3.05, 3.63) is 29.8 Å². The van der Waals surface area contributed by atoms with Gasteiger partial charge in [-0.05, 0) is 49.1 Å². The lowest BCUT2D eigenvalue weighted by Gasteiger charge is -2.26. The molecule has 1 aliphatic heterocycles. The van der Waals surface area contributed by atoms with Gasteiger partial charge in [0, 0.05) is 25.2 Å². The Labute approximate surface area is 120 Å². The van der Waals surface area contributed by atoms with E-state index >= 15 is 0 Å². The van der Waals surface area contributed by atoms with Gasteiger partial charge in [0.15, 0.2) is 0 Å². The van der Waals surface area contributed by atoms with Gasteiger partial charge in [-0.3, -0.25) is 4.79 Å². The van der Waals surface area contributed by atoms with Gasteiger partial charge in [0.2, 0.25) is 5.91 Å². The van der Waals surface area contributed by atoms with Crippen LogP contribution in [0.4, 0.5) is 5.69 Å². The number of carbonyl (C=O) groups is 1. The van der Waals surface area contributed by atoms with E-state index in [1.807, 2.05) is 6.07 Å². The number of hydrogen-bond donors (Lipinski definition) is 1. The van der Waals surface area contributed by atoms with Crippen LogP contribution < -0.4 is 5.32 Å². The van der Waals surface area contributed by atoms with Crippen LogP contribution in [0.3, 0.4) is 0 Å². The summed E-state index contributed by atoms with van der Waals surface area (Å²) >= 11 is 0. The molecule has 3 nitrogen and oxygen atoms in total. The van der Waals surface area contributed by atoms with Gasteiger partial charge in [0.25, 0.3) is 0 Å². The Bertz CT molecular complexity index is 480. The number of benzene rings is 1. The van der Waals surface area contributed by atoms with Gasteiger partial charge in [-0.1, -0.05) is 18.2 Å². The third-order valence-electron chi connectivity index (χ3n) is 4.73. The van der Waals surface area contributed by atoms with Crippen molar-refractivity contribution in [1.82, 2.24) is 4.90 Å². The lowest BCUT2D eigenvalue weighted by atomic mass is 10.1. The minimum Gasteiger partial charge on any atom is -0.373 e. The molecule has 0 radical (unpaired) electrons. The molecule has 4 rings (SSSR count). The van der Waals surface area contributed by atoms with Crippen molar-refractivity contribution in [2.45, 2.75) is 38.1 Å². The van der Waals surface area contributed by atoms with Crippen molar-refractivity contribution in [1.29, 1.82) is 0 Å². The van der Waals surface area contributed by atoms with E-state index in [0.29, 0.717) is 5.91 Å². The predicted molar refractivity (Wildman–Crippen MR) is 79.6 cm³/mol. The summed E-state index contributed by atoms with van der Waals surface area (Å²) in [6.45, 7) is 1.98. The Morgan fingerprint density at radius 2 is 1.75 bits per heavy atom. The highest BCUT2D eigenvalue weighted by atomic mass is 16.2. The average molecular weight is 270 g/mol. The molecule has 1 N–H and O–H groups in total. The van der Waals surface area contributed by atoms with Crippen molar-refractivity contribution >= 4 is 11.6 Å². The second-order valence-electron chi connectivity index (χ2n) is 6.69. The molecule has 20 heavy (non-hydrogen) atoms. The van der Waals surface area contributed by atoms with Gasteiger partial charge in [-0.15, -0.1) is 0 Å². The maximum absolute atomic E-state index is 12.8. The lowest BCUT2D eigenvalue weighted by Crippen LogP contribution is -2.44. The van der Waals surface area contributed by atoms with E-state index in [0.717, 1.165) is 37.0 Å². The molecule has 1 unspecified atom stereocenters. The second kappa shape index (κ2) is 4.80. The van der Waals surface area contributed by atoms with E-state index in [1.165, 1.54) is 31.2 Å². The molecule has 0 spiro atoms. The summed E-state index contributed by atoms with van der Waals surface area (Å²) in [6, 6.07) is 8.26. The quantitative estimate of drug-likeness (QED) is 0.892. The van der Waals surface area contributed by atoms with Crippen molar-refractivity contribution in [3.8, 4) is 0 Å². The molecular weight excluding hydrogens is 248 g/mol. The minimum absolute atomic E-state index is 0.0371. The Kier molecular flexibility index (Phi) is 2.94. The Morgan fingerprint density at radius 3 is 2.35 bits per heavy atom. The highest BCUT2D eigenvalue weighted by molar-refractivity contribution is 5.87. The fourth-order valence-electron chi connectivity index (χ4n) is 3.15. The number of nitrogens with one attached hydrogen (secondary N) is 1. The Balaban J connectivity index is 1.44. The standard InChI is InChI=1S/C17H22N2O/c20-17(16-9-14-3-1-2-4-15(14)18-16)19(10-12-5-6-12)11-13-7-8-13/h1-4,12-13,16,18H,5-11H2. The molecule has 2 saturated carbocycles. The summed E-state index contributed by atoms with van der Waals surface area (Å²) < 4.78 is 0. The predicted octanol–water partition coefficient (Wildman–Crippen LogP) is 2.67. The zero-order valence-corrected chi connectivity index (χ0v) is 11.8. The number of fused-ring (bicyclic) bond motifs is 1. The van der Waals surface area contributed by atoms with Crippen LogP contribution in [0.25, 0.3) is 0 Å². The number of rotatable bonds is 5. The number of anilines is 1. The van der Waals surface area contributed by atoms with Crippen LogP contribution in [0, 0.1) is 11.8 Å². The van der Waals surface area contributed by atoms with Crippen molar-refractivity contribution < 1.29 is 4.79 Å². The van der Waals surface area contributed by atoms with Crippen LogP contribution in [-0.2, 0) is 11.2 Å². The summed E-state index contributed by atoms with van der Waals surface area (Å²) in [5.41, 5.74) is 2.42. The van der Waals surface area contributed by atoms with Crippen LogP contribution in [0.5, 0.6) is 0 Å². The molecule has 1 aromatic carbocycles. The zero-order valence-electron chi connectivity index (χ0n) is 11.8. The maximum atomic E-state index is 12.8. The van der Waals surface area contributed by atoms with Crippen LogP contribution in [0.2, 0.25) is 0 Å². The molecule has 3 heteroatoms. The second-order valence-corrected chi connectivity index (χ2v) is 6.69. The van der Waals surface area contributed by atoms with Gasteiger partial charge >= 0.3 is 0 Å². The molecule has 2 fully saturated rings. The Hall–Kier alpha value is -1.51. The van der Waals surface area contributed by atoms with Gasteiger partial charge < -0.3 is 10.2 Å². The summed E-state index contributed by atoms with van der Waals surface area (Å²) in [5.74, 6) is 1.88. The van der Waals surface area contributed by atoms with E-state index in [4.69, 9.17) is 0 Å². The minimum atomic E-state index is -0.0371. The van der Waals surface area contributed by atoms with Gasteiger partial charge in [0.1, 0.15) is 6.04 Å². The molecule has 106 valence electrons. The number of para-hydroxylation sites is 1. The van der Waals surface area contributed by atoms with Crippen LogP contribution in [-0.4, -0.2) is 29.9 Å². The van der Waals surface area contributed by atoms with Crippen LogP contribution >= 0.6 is 0 Å². The highest BCUT2D eigenvalue weighted by Crippen LogP contribution is 2.35. The van der Waals surface area contributed by atoms with Crippen LogP contribution in [0.15, 0.2) is 24.3 Å². The smallest absolute Gasteiger partial charge is 0.245 e. The fourth-order valence-corrected chi connectivity index (χ4v) is 3.15. The first-order chi connectivity index (χ1) is 9.79. The summed E-state index contributed by atoms with van der Waals surface area (Å²) in [4.78, 5) is 15.0. The largest absolute Gasteiger partial charge is 0.373 e. The van der Waals surface area contributed by atoms with E-state index in [1.54, 1.807) is 0 Å². The zero-order chi connectivity index (χ0) is 13.5. The third-order valence-corrected chi connectivity index (χ3v) is 4.73. The van der Waals surface area contributed by atoms with Crippen molar-refractivity contribution in [3.63, 3.8) is 0 Å². The van der Waals surface area contributed by atoms with Gasteiger partial charge in [0.05, 0.1) is 0 Å². The first-order valence-corrected chi connectivity index (χ1v) is 7.93. The molecule has 1 amide bonds. The summed E-state index contributed by atoms with van der Waals surface area (Å²) in [7, 11) is 0. The molecule has 0 saturated heterocycles. The SMILES string of the molecule is O=C(C1Cc2ccccc2N1)N(CC1CC1)CC1CC1. The van der Waals surface area contributed by atoms with Crippen LogP contribution in [0.1, 0.15) is 31.2 Å². The average Bonchev–Trinajstić information content (AvgIpc) is 3.37. The molecule has 3 aliphatic rings. The number of amides is 1. The molecule has 1 atom stereocenters. The normalized spacial score (nSPS) is 24.1. The van der Waals surface area contributed by atoms with E-state index in [9.17, 15) is 4.79 Å². The van der Waals surface area contributed by atoms with E-state index < -0.39 is 0 Å². The fraction of sp³-hybridized carbons (Fsp3) is 0.588. The molecule has 0 aromatic heterocycles. The Morgan fingerprint density at radius 1 is 1.10 bits per heavy atom. The first-order valence-electron chi connectivity index (χ1n) is 7.93. The monoisotopic (exact) mass is 270 g/mol. The third kappa shape index (κ3) is 2.54. The van der Waals surface area contributed by atoms with Crippen molar-refractivity contribution in [2.24, 2.45) is 11.8 Å². The highest BCUT2D eigenvalue weighted by Gasteiger charge is 2.35. The number of hydrogen-bond acceptors (Lipinski definition) is 2. The number of carbonyl (C=O) groups excluding carboxylic acids is 1. The molecule has 2 aliphatic carbocycles. The van der Waals surface area contributed by atoms with E-state index in [-0.39, 0.29) is 6.04 Å². The maximum Gasteiger partial charge on any atom is 0.245 e. The number of nitrogens with zero attached hydrogens (tertiary/aromatic N) is 1. The first kappa shape index (κ1) is 12.2. The summed E-state index contributed by atoms with van der Waals surface area (Å²) in [6.07, 6.45) is 6.10. The van der Waals surface area contributed by atoms with Gasteiger partial charge in [-0.2, -0.15) is 0 Å². The topological polar surface area (TPSA) is 32.3 Å². The van der Waals surface area contributed by atoms with Gasteiger partial charge in [-0.25, -0.2) is 0 Å².